The minimum Gasteiger partial charge on any atom is -0.741 e. The lowest BCUT2D eigenvalue weighted by atomic mass is 10.3. The molecular weight excluding hydrogens is 544 g/mol. The first-order valence-electron chi connectivity index (χ1n) is 7.96. The molecule has 3 N–H and O–H groups in total. The van der Waals surface area contributed by atoms with Crippen LogP contribution in [-0.2, 0) is 20.2 Å². The Bertz CT molecular complexity index is 1300. The van der Waals surface area contributed by atoms with E-state index in [4.69, 9.17) is 31.7 Å². The lowest BCUT2D eigenvalue weighted by Crippen LogP contribution is -2.70. The zero-order chi connectivity index (χ0) is 26.4. The summed E-state index contributed by atoms with van der Waals surface area (Å²) in [7, 11) is -12.2. The SMILES string of the molecule is NC(=[NH+]c1ns[n+]2ccccc12)c1ccccn1.O=S(=O)([O-])C(F)(F)F.O=S(=O)([O-])C(F)(F)F. The van der Waals surface area contributed by atoms with Crippen molar-refractivity contribution in [1.82, 2.24) is 9.36 Å². The molecule has 11 nitrogen and oxygen atoms in total. The molecule has 0 atom stereocenters. The van der Waals surface area contributed by atoms with E-state index in [2.05, 4.69) is 14.3 Å². The minimum atomic E-state index is -6.09. The Kier molecular flexibility index (Phi) is 9.40. The number of pyridine rings is 2. The fraction of sp³-hybridized carbons (Fsp3) is 0.143. The second-order valence-corrected chi connectivity index (χ2v) is 8.97. The van der Waals surface area contributed by atoms with Gasteiger partial charge in [-0.1, -0.05) is 12.1 Å². The summed E-state index contributed by atoms with van der Waals surface area (Å²) in [6.07, 6.45) is 3.66. The molecule has 0 saturated heterocycles. The molecule has 3 aromatic rings. The smallest absolute Gasteiger partial charge is 0.485 e. The molecule has 0 fully saturated rings. The van der Waals surface area contributed by atoms with Crippen LogP contribution in [0, 0.1) is 0 Å². The van der Waals surface area contributed by atoms with E-state index in [1.807, 2.05) is 46.4 Å². The molecule has 0 spiro atoms. The van der Waals surface area contributed by atoms with E-state index in [1.165, 1.54) is 11.7 Å². The number of nitrogen functional groups attached to an aromatic ring is 1. The third-order valence-corrected chi connectivity index (χ3v) is 4.94. The molecule has 0 aliphatic carbocycles. The van der Waals surface area contributed by atoms with Gasteiger partial charge in [-0.15, -0.1) is 3.79 Å². The van der Waals surface area contributed by atoms with Crippen LogP contribution in [0.5, 0.6) is 0 Å². The third kappa shape index (κ3) is 8.78. The van der Waals surface area contributed by atoms with Gasteiger partial charge >= 0.3 is 16.8 Å². The van der Waals surface area contributed by atoms with Crippen molar-refractivity contribution >= 4 is 49.1 Å². The highest BCUT2D eigenvalue weighted by molar-refractivity contribution is 7.86. The first-order chi connectivity index (χ1) is 15.3. The maximum atomic E-state index is 10.7. The van der Waals surface area contributed by atoms with Crippen LogP contribution in [0.4, 0.5) is 32.2 Å². The Morgan fingerprint density at radius 1 is 0.941 bits per heavy atom. The molecule has 0 unspecified atom stereocenters. The lowest BCUT2D eigenvalue weighted by molar-refractivity contribution is -0.439. The first-order valence-corrected chi connectivity index (χ1v) is 11.5. The average molecular weight is 555 g/mol. The molecule has 0 aliphatic heterocycles. The second-order valence-electron chi connectivity index (χ2n) is 5.49. The van der Waals surface area contributed by atoms with Gasteiger partial charge in [0.1, 0.15) is 11.9 Å². The Balaban J connectivity index is 0.000000304. The van der Waals surface area contributed by atoms with Crippen LogP contribution in [0.3, 0.4) is 0 Å². The summed E-state index contributed by atoms with van der Waals surface area (Å²) >= 11 is 1.37. The van der Waals surface area contributed by atoms with Crippen LogP contribution < -0.4 is 14.5 Å². The van der Waals surface area contributed by atoms with Gasteiger partial charge in [0.2, 0.25) is 11.4 Å². The zero-order valence-corrected chi connectivity index (χ0v) is 18.4. The van der Waals surface area contributed by atoms with Gasteiger partial charge in [0.15, 0.2) is 20.2 Å². The molecule has 0 radical (unpaired) electrons. The van der Waals surface area contributed by atoms with Crippen LogP contribution >= 0.6 is 11.7 Å². The van der Waals surface area contributed by atoms with Crippen LogP contribution in [0.1, 0.15) is 5.69 Å². The monoisotopic (exact) mass is 555 g/mol. The molecule has 20 heteroatoms. The number of halogens is 6. The molecule has 3 heterocycles. The number of hydrogen-bond donors (Lipinski definition) is 2. The molecule has 3 rings (SSSR count). The summed E-state index contributed by atoms with van der Waals surface area (Å²) in [6.45, 7) is 0. The van der Waals surface area contributed by atoms with E-state index in [9.17, 15) is 26.3 Å². The topological polar surface area (TPSA) is 184 Å². The number of nitrogens with one attached hydrogen (secondary N) is 1. The molecule has 0 amide bonds. The Morgan fingerprint density at radius 3 is 1.88 bits per heavy atom. The standard InChI is InChI=1S/C12H10N5S.2CHF3O3S/c13-11(9-5-1-3-7-14-9)15-12-10-6-2-4-8-17(10)18-16-12;2*2-1(3,4)8(5,6)7/h1-8H,(H2,13,15,16);2*(H,5,6,7)/q+1;;/p-1. The van der Waals surface area contributed by atoms with E-state index >= 15 is 0 Å². The molecule has 0 aliphatic rings. The highest BCUT2D eigenvalue weighted by atomic mass is 32.2. The molecule has 188 valence electrons. The van der Waals surface area contributed by atoms with Crippen LogP contribution in [0.25, 0.3) is 5.52 Å². The van der Waals surface area contributed by atoms with Gasteiger partial charge in [-0.2, -0.15) is 26.3 Å². The van der Waals surface area contributed by atoms with Crippen molar-refractivity contribution in [3.8, 4) is 0 Å². The average Bonchev–Trinajstić information content (AvgIpc) is 3.09. The van der Waals surface area contributed by atoms with Gasteiger partial charge in [0, 0.05) is 6.20 Å². The fourth-order valence-corrected chi connectivity index (χ4v) is 2.28. The Morgan fingerprint density at radius 2 is 1.44 bits per heavy atom. The Hall–Kier alpha value is -2.94. The minimum absolute atomic E-state index is 0.493. The summed E-state index contributed by atoms with van der Waals surface area (Å²) in [5.41, 5.74) is -3.62. The number of fused-ring (bicyclic) bond motifs is 1. The van der Waals surface area contributed by atoms with Crippen molar-refractivity contribution in [1.29, 1.82) is 0 Å². The second kappa shape index (κ2) is 11.0. The highest BCUT2D eigenvalue weighted by Crippen LogP contribution is 2.21. The van der Waals surface area contributed by atoms with Crippen molar-refractivity contribution < 1.29 is 61.1 Å². The van der Waals surface area contributed by atoms with Gasteiger partial charge in [-0.05, 0) is 24.3 Å². The summed E-state index contributed by atoms with van der Waals surface area (Å²) in [5.74, 6) is 1.23. The van der Waals surface area contributed by atoms with Gasteiger partial charge in [0.25, 0.3) is 11.7 Å². The summed E-state index contributed by atoms with van der Waals surface area (Å²) in [5, 5.41) is 0. The molecule has 0 aromatic carbocycles. The first kappa shape index (κ1) is 29.1. The zero-order valence-electron chi connectivity index (χ0n) is 16.0. The number of aromatic nitrogens is 3. The maximum absolute atomic E-state index is 10.7. The fourth-order valence-electron chi connectivity index (χ4n) is 1.61. The maximum Gasteiger partial charge on any atom is 0.485 e. The molecule has 3 aromatic heterocycles. The summed E-state index contributed by atoms with van der Waals surface area (Å²) < 4.78 is 124. The molecule has 34 heavy (non-hydrogen) atoms. The highest BCUT2D eigenvalue weighted by Gasteiger charge is 2.37. The van der Waals surface area contributed by atoms with Gasteiger partial charge in [-0.3, -0.25) is 0 Å². The van der Waals surface area contributed by atoms with Crippen molar-refractivity contribution in [3.05, 3.63) is 54.5 Å². The van der Waals surface area contributed by atoms with E-state index < -0.39 is 31.3 Å². The van der Waals surface area contributed by atoms with Crippen molar-refractivity contribution in [2.45, 2.75) is 11.0 Å². The number of nitrogens with two attached hydrogens (primary N) is 1. The van der Waals surface area contributed by atoms with Crippen LogP contribution in [-0.4, -0.2) is 52.2 Å². The predicted molar refractivity (Wildman–Crippen MR) is 99.9 cm³/mol. The largest absolute Gasteiger partial charge is 0.741 e. The lowest BCUT2D eigenvalue weighted by Gasteiger charge is -2.08. The third-order valence-electron chi connectivity index (χ3n) is 3.05. The van der Waals surface area contributed by atoms with Gasteiger partial charge in [0.05, 0.1) is 4.37 Å². The van der Waals surface area contributed by atoms with Crippen molar-refractivity contribution in [2.75, 3.05) is 0 Å². The van der Waals surface area contributed by atoms with Crippen LogP contribution in [0.2, 0.25) is 0 Å². The number of rotatable bonds is 2. The van der Waals surface area contributed by atoms with Crippen LogP contribution in [0.15, 0.2) is 48.8 Å². The van der Waals surface area contributed by atoms with Crippen molar-refractivity contribution in [3.63, 3.8) is 0 Å². The number of alkyl halides is 6. The molecule has 0 saturated carbocycles. The van der Waals surface area contributed by atoms with E-state index in [0.29, 0.717) is 11.5 Å². The van der Waals surface area contributed by atoms with E-state index in [0.717, 1.165) is 11.3 Å². The molecule has 0 bridgehead atoms. The van der Waals surface area contributed by atoms with Crippen molar-refractivity contribution in [2.24, 2.45) is 5.73 Å². The predicted octanol–water partition coefficient (Wildman–Crippen LogP) is -0.503. The molecular formula is C14H11F6N5O6S3. The van der Waals surface area contributed by atoms with Gasteiger partial charge in [-0.25, -0.2) is 26.8 Å². The van der Waals surface area contributed by atoms with Gasteiger partial charge < -0.3 is 14.8 Å². The Labute approximate surface area is 191 Å². The number of amidine groups is 1. The summed E-state index contributed by atoms with van der Waals surface area (Å²) in [4.78, 5) is 7.28. The quantitative estimate of drug-likeness (QED) is 0.105. The van der Waals surface area contributed by atoms with E-state index in [-0.39, 0.29) is 0 Å². The summed E-state index contributed by atoms with van der Waals surface area (Å²) in [6, 6.07) is 11.5. The number of nitrogens with zero attached hydrogens (tertiary/aromatic N) is 3. The normalized spacial score (nSPS) is 12.9. The van der Waals surface area contributed by atoms with E-state index in [1.54, 1.807) is 6.20 Å². The number of hydrogen-bond acceptors (Lipinski definition) is 9.